The van der Waals surface area contributed by atoms with Crippen molar-refractivity contribution in [1.29, 1.82) is 0 Å². The molecule has 0 heterocycles. The van der Waals surface area contributed by atoms with Crippen LogP contribution in [0, 0.1) is 0 Å². The summed E-state index contributed by atoms with van der Waals surface area (Å²) in [6.45, 7) is 0. The molecule has 0 aliphatic rings. The lowest BCUT2D eigenvalue weighted by molar-refractivity contribution is 0.171. The van der Waals surface area contributed by atoms with Gasteiger partial charge in [-0.1, -0.05) is 0 Å². The molecule has 0 saturated heterocycles. The summed E-state index contributed by atoms with van der Waals surface area (Å²) >= 11 is 0. The first kappa shape index (κ1) is 12.8. The predicted molar refractivity (Wildman–Crippen MR) is 62.7 cm³/mol. The van der Waals surface area contributed by atoms with Crippen LogP contribution in [0.4, 0.5) is 4.79 Å². The van der Waals surface area contributed by atoms with Crippen LogP contribution in [-0.2, 0) is 4.74 Å². The molecule has 1 aromatic carbocycles. The van der Waals surface area contributed by atoms with E-state index in [1.165, 1.54) is 13.3 Å². The first-order chi connectivity index (χ1) is 8.19. The second-order valence-electron chi connectivity index (χ2n) is 3.01. The summed E-state index contributed by atoms with van der Waals surface area (Å²) in [5.74, 6) is 1.28. The second-order valence-corrected chi connectivity index (χ2v) is 3.01. The Morgan fingerprint density at radius 1 is 1.18 bits per heavy atom. The van der Waals surface area contributed by atoms with Gasteiger partial charge in [-0.25, -0.2) is 10.2 Å². The van der Waals surface area contributed by atoms with Gasteiger partial charge in [0.15, 0.2) is 0 Å². The zero-order chi connectivity index (χ0) is 12.7. The van der Waals surface area contributed by atoms with Gasteiger partial charge in [-0.15, -0.1) is 0 Å². The van der Waals surface area contributed by atoms with Crippen molar-refractivity contribution in [2.45, 2.75) is 0 Å². The molecule has 0 bridgehead atoms. The Kier molecular flexibility index (Phi) is 4.80. The number of carbonyl (C=O) groups excluding carboxylic acids is 1. The van der Waals surface area contributed by atoms with E-state index in [9.17, 15) is 4.79 Å². The summed E-state index contributed by atoms with van der Waals surface area (Å²) in [6.07, 6.45) is 0.832. The minimum Gasteiger partial charge on any atom is -0.497 e. The number of methoxy groups -OCH3 is 3. The zero-order valence-electron chi connectivity index (χ0n) is 9.89. The Labute approximate surface area is 99.2 Å². The third kappa shape index (κ3) is 4.02. The van der Waals surface area contributed by atoms with E-state index in [1.807, 2.05) is 0 Å². The number of rotatable bonds is 4. The minimum atomic E-state index is -0.629. The van der Waals surface area contributed by atoms with Crippen LogP contribution in [0.25, 0.3) is 0 Å². The average Bonchev–Trinajstić information content (AvgIpc) is 2.37. The molecule has 0 unspecified atom stereocenters. The highest BCUT2D eigenvalue weighted by Crippen LogP contribution is 2.21. The fraction of sp³-hybridized carbons (Fsp3) is 0.273. The maximum absolute atomic E-state index is 10.8. The molecule has 0 radical (unpaired) electrons. The molecule has 0 aliphatic carbocycles. The highest BCUT2D eigenvalue weighted by Gasteiger charge is 2.00. The first-order valence-corrected chi connectivity index (χ1v) is 4.79. The number of benzene rings is 1. The van der Waals surface area contributed by atoms with E-state index < -0.39 is 6.09 Å². The van der Waals surface area contributed by atoms with Gasteiger partial charge in [0, 0.05) is 11.6 Å². The van der Waals surface area contributed by atoms with E-state index in [0.717, 1.165) is 5.56 Å². The number of hydrazone groups is 1. The summed E-state index contributed by atoms with van der Waals surface area (Å²) in [4.78, 5) is 10.8. The maximum Gasteiger partial charge on any atom is 0.427 e. The average molecular weight is 238 g/mol. The summed E-state index contributed by atoms with van der Waals surface area (Å²) < 4.78 is 14.5. The van der Waals surface area contributed by atoms with Crippen LogP contribution in [0.3, 0.4) is 0 Å². The third-order valence-electron chi connectivity index (χ3n) is 1.93. The molecule has 6 heteroatoms. The molecule has 0 saturated carbocycles. The van der Waals surface area contributed by atoms with Crippen molar-refractivity contribution in [3.05, 3.63) is 23.8 Å². The first-order valence-electron chi connectivity index (χ1n) is 4.79. The fourth-order valence-corrected chi connectivity index (χ4v) is 1.11. The summed E-state index contributed by atoms with van der Waals surface area (Å²) in [7, 11) is 4.38. The van der Waals surface area contributed by atoms with Gasteiger partial charge in [0.25, 0.3) is 0 Å². The van der Waals surface area contributed by atoms with Gasteiger partial charge in [-0.05, 0) is 12.1 Å². The molecule has 0 spiro atoms. The molecule has 0 aromatic heterocycles. The lowest BCUT2D eigenvalue weighted by Gasteiger charge is -2.05. The highest BCUT2D eigenvalue weighted by atomic mass is 16.5. The third-order valence-corrected chi connectivity index (χ3v) is 1.93. The predicted octanol–water partition coefficient (Wildman–Crippen LogP) is 1.39. The molecule has 0 aliphatic heterocycles. The van der Waals surface area contributed by atoms with E-state index in [0.29, 0.717) is 11.5 Å². The van der Waals surface area contributed by atoms with E-state index in [1.54, 1.807) is 32.4 Å². The number of hydrogen-bond acceptors (Lipinski definition) is 5. The summed E-state index contributed by atoms with van der Waals surface area (Å²) in [6, 6.07) is 5.25. The Morgan fingerprint density at radius 3 is 2.24 bits per heavy atom. The number of nitrogens with one attached hydrogen (secondary N) is 1. The second kappa shape index (κ2) is 6.37. The SMILES string of the molecule is COC(=O)N/N=C\c1cc(OC)cc(OC)c1. The Morgan fingerprint density at radius 2 is 1.76 bits per heavy atom. The van der Waals surface area contributed by atoms with Crippen LogP contribution >= 0.6 is 0 Å². The van der Waals surface area contributed by atoms with Crippen molar-refractivity contribution in [2.24, 2.45) is 5.10 Å². The Bertz CT molecular complexity index is 396. The lowest BCUT2D eigenvalue weighted by Crippen LogP contribution is -2.16. The number of nitrogens with zero attached hydrogens (tertiary/aromatic N) is 1. The van der Waals surface area contributed by atoms with Crippen LogP contribution in [-0.4, -0.2) is 33.6 Å². The standard InChI is InChI=1S/C11H14N2O4/c1-15-9-4-8(5-10(6-9)16-2)7-12-13-11(14)17-3/h4-7H,1-3H3,(H,13,14)/b12-7-. The van der Waals surface area contributed by atoms with Crippen molar-refractivity contribution in [3.8, 4) is 11.5 Å². The largest absolute Gasteiger partial charge is 0.497 e. The topological polar surface area (TPSA) is 69.2 Å². The van der Waals surface area contributed by atoms with Gasteiger partial charge in [0.1, 0.15) is 11.5 Å². The van der Waals surface area contributed by atoms with Crippen LogP contribution in [0.5, 0.6) is 11.5 Å². The molecular weight excluding hydrogens is 224 g/mol. The zero-order valence-corrected chi connectivity index (χ0v) is 9.89. The summed E-state index contributed by atoms with van der Waals surface area (Å²) in [5, 5.41) is 3.70. The number of amides is 1. The number of ether oxygens (including phenoxy) is 3. The maximum atomic E-state index is 10.8. The molecule has 1 amide bonds. The molecule has 17 heavy (non-hydrogen) atoms. The normalized spacial score (nSPS) is 10.1. The van der Waals surface area contributed by atoms with E-state index >= 15 is 0 Å². The van der Waals surface area contributed by atoms with Crippen LogP contribution in [0.2, 0.25) is 0 Å². The van der Waals surface area contributed by atoms with Gasteiger partial charge in [0.2, 0.25) is 0 Å². The number of hydrogen-bond donors (Lipinski definition) is 1. The fourth-order valence-electron chi connectivity index (χ4n) is 1.11. The van der Waals surface area contributed by atoms with Crippen molar-refractivity contribution in [2.75, 3.05) is 21.3 Å². The van der Waals surface area contributed by atoms with Crippen molar-refractivity contribution >= 4 is 12.3 Å². The molecular formula is C11H14N2O4. The van der Waals surface area contributed by atoms with Crippen LogP contribution in [0.15, 0.2) is 23.3 Å². The molecule has 92 valence electrons. The van der Waals surface area contributed by atoms with Gasteiger partial charge >= 0.3 is 6.09 Å². The van der Waals surface area contributed by atoms with Crippen molar-refractivity contribution in [1.82, 2.24) is 5.43 Å². The summed E-state index contributed by atoms with van der Waals surface area (Å²) in [5.41, 5.74) is 2.92. The van der Waals surface area contributed by atoms with Crippen molar-refractivity contribution < 1.29 is 19.0 Å². The smallest absolute Gasteiger partial charge is 0.427 e. The minimum absolute atomic E-state index is 0.629. The highest BCUT2D eigenvalue weighted by molar-refractivity contribution is 5.82. The van der Waals surface area contributed by atoms with E-state index in [-0.39, 0.29) is 0 Å². The van der Waals surface area contributed by atoms with Gasteiger partial charge in [-0.2, -0.15) is 5.10 Å². The molecule has 6 nitrogen and oxygen atoms in total. The Balaban J connectivity index is 2.79. The lowest BCUT2D eigenvalue weighted by atomic mass is 10.2. The molecule has 1 rings (SSSR count). The van der Waals surface area contributed by atoms with Gasteiger partial charge < -0.3 is 14.2 Å². The Hall–Kier alpha value is -2.24. The van der Waals surface area contributed by atoms with Crippen molar-refractivity contribution in [3.63, 3.8) is 0 Å². The van der Waals surface area contributed by atoms with Gasteiger partial charge in [-0.3, -0.25) is 0 Å². The van der Waals surface area contributed by atoms with Crippen LogP contribution in [0.1, 0.15) is 5.56 Å². The van der Waals surface area contributed by atoms with Crippen LogP contribution < -0.4 is 14.9 Å². The molecule has 0 fully saturated rings. The van der Waals surface area contributed by atoms with Gasteiger partial charge in [0.05, 0.1) is 27.5 Å². The molecule has 1 N–H and O–H groups in total. The number of carbonyl (C=O) groups is 1. The monoisotopic (exact) mass is 238 g/mol. The molecule has 0 atom stereocenters. The quantitative estimate of drug-likeness (QED) is 0.635. The molecule has 1 aromatic rings. The van der Waals surface area contributed by atoms with E-state index in [2.05, 4.69) is 15.3 Å². The van der Waals surface area contributed by atoms with E-state index in [4.69, 9.17) is 9.47 Å².